The zero-order chi connectivity index (χ0) is 18.0. The highest BCUT2D eigenvalue weighted by molar-refractivity contribution is 5.72. The van der Waals surface area contributed by atoms with Crippen LogP contribution in [0.4, 0.5) is 4.79 Å². The molecule has 134 valence electrons. The Labute approximate surface area is 137 Å². The number of hydrogen-bond acceptors (Lipinski definition) is 5. The maximum atomic E-state index is 11.6. The van der Waals surface area contributed by atoms with Crippen LogP contribution in [0.1, 0.15) is 53.9 Å². The van der Waals surface area contributed by atoms with E-state index in [9.17, 15) is 19.5 Å². The first-order chi connectivity index (χ1) is 10.6. The van der Waals surface area contributed by atoms with Crippen LogP contribution in [0.2, 0.25) is 0 Å². The maximum Gasteiger partial charge on any atom is 0.410 e. The van der Waals surface area contributed by atoms with E-state index in [1.54, 1.807) is 0 Å². The summed E-state index contributed by atoms with van der Waals surface area (Å²) >= 11 is 0. The van der Waals surface area contributed by atoms with Crippen LogP contribution >= 0.6 is 0 Å². The van der Waals surface area contributed by atoms with Crippen molar-refractivity contribution in [3.63, 3.8) is 0 Å². The highest BCUT2D eigenvalue weighted by Gasteiger charge is 2.23. The Balaban J connectivity index is 4.40. The molecule has 0 saturated heterocycles. The first-order valence-corrected chi connectivity index (χ1v) is 8.00. The SMILES string of the molecule is CC[C@@H](CC(C)C)C[C@@H](CNC(=O)O[C@H](C)OC(C)=O)C(=O)O. The van der Waals surface area contributed by atoms with E-state index in [1.807, 2.05) is 6.92 Å². The summed E-state index contributed by atoms with van der Waals surface area (Å²) in [5.41, 5.74) is 0. The average Bonchev–Trinajstić information content (AvgIpc) is 2.39. The molecule has 7 nitrogen and oxygen atoms in total. The molecule has 0 heterocycles. The van der Waals surface area contributed by atoms with Crippen LogP contribution in [-0.2, 0) is 19.1 Å². The molecule has 0 bridgehead atoms. The quantitative estimate of drug-likeness (QED) is 0.471. The van der Waals surface area contributed by atoms with Crippen LogP contribution < -0.4 is 5.32 Å². The van der Waals surface area contributed by atoms with Crippen molar-refractivity contribution in [3.8, 4) is 0 Å². The molecule has 0 aliphatic rings. The van der Waals surface area contributed by atoms with Gasteiger partial charge in [-0.05, 0) is 24.7 Å². The summed E-state index contributed by atoms with van der Waals surface area (Å²) in [4.78, 5) is 33.7. The monoisotopic (exact) mass is 331 g/mol. The van der Waals surface area contributed by atoms with Crippen LogP contribution in [0.3, 0.4) is 0 Å². The van der Waals surface area contributed by atoms with Crippen LogP contribution in [-0.4, -0.2) is 36.0 Å². The van der Waals surface area contributed by atoms with Gasteiger partial charge >= 0.3 is 18.0 Å². The van der Waals surface area contributed by atoms with Gasteiger partial charge < -0.3 is 19.9 Å². The molecule has 0 fully saturated rings. The van der Waals surface area contributed by atoms with Gasteiger partial charge in [0.2, 0.25) is 6.29 Å². The number of carbonyl (C=O) groups is 3. The first kappa shape index (κ1) is 21.2. The third kappa shape index (κ3) is 10.5. The topological polar surface area (TPSA) is 102 Å². The molecule has 0 unspecified atom stereocenters. The van der Waals surface area contributed by atoms with Crippen molar-refractivity contribution in [2.45, 2.75) is 60.2 Å². The number of amides is 1. The molecule has 0 aliphatic carbocycles. The molecule has 0 spiro atoms. The molecule has 0 aliphatic heterocycles. The minimum absolute atomic E-state index is 0.0183. The Bertz CT molecular complexity index is 396. The number of carboxylic acid groups (broad SMARTS) is 1. The van der Waals surface area contributed by atoms with E-state index in [0.29, 0.717) is 18.3 Å². The van der Waals surface area contributed by atoms with Gasteiger partial charge in [0.25, 0.3) is 0 Å². The summed E-state index contributed by atoms with van der Waals surface area (Å²) < 4.78 is 9.46. The van der Waals surface area contributed by atoms with Crippen LogP contribution in [0, 0.1) is 17.8 Å². The van der Waals surface area contributed by atoms with E-state index >= 15 is 0 Å². The van der Waals surface area contributed by atoms with E-state index in [0.717, 1.165) is 12.8 Å². The summed E-state index contributed by atoms with van der Waals surface area (Å²) in [5.74, 6) is -1.38. The number of rotatable bonds is 10. The van der Waals surface area contributed by atoms with Gasteiger partial charge in [0.05, 0.1) is 5.92 Å². The van der Waals surface area contributed by atoms with Gasteiger partial charge in [-0.15, -0.1) is 0 Å². The molecular formula is C16H29NO6. The van der Waals surface area contributed by atoms with Crippen molar-refractivity contribution in [2.75, 3.05) is 6.54 Å². The number of esters is 1. The molecule has 0 aromatic rings. The number of carboxylic acids is 1. The number of nitrogens with one attached hydrogen (secondary N) is 1. The average molecular weight is 331 g/mol. The highest BCUT2D eigenvalue weighted by Crippen LogP contribution is 2.23. The van der Waals surface area contributed by atoms with Gasteiger partial charge in [-0.1, -0.05) is 27.2 Å². The standard InChI is InChI=1S/C16H29NO6/c1-6-13(7-10(2)3)8-14(15(19)20)9-17-16(21)23-12(5)22-11(4)18/h10,12-14H,6-9H2,1-5H3,(H,17,21)(H,19,20)/t12-,13+,14+/m1/s1. The molecule has 0 rings (SSSR count). The van der Waals surface area contributed by atoms with Crippen LogP contribution in [0.5, 0.6) is 0 Å². The predicted octanol–water partition coefficient (Wildman–Crippen LogP) is 2.78. The zero-order valence-corrected chi connectivity index (χ0v) is 14.6. The van der Waals surface area contributed by atoms with Gasteiger partial charge in [-0.25, -0.2) is 4.79 Å². The smallest absolute Gasteiger partial charge is 0.410 e. The molecule has 23 heavy (non-hydrogen) atoms. The summed E-state index contributed by atoms with van der Waals surface area (Å²) in [6, 6.07) is 0. The third-order valence-corrected chi connectivity index (χ3v) is 3.45. The number of aliphatic carboxylic acids is 1. The fraction of sp³-hybridized carbons (Fsp3) is 0.812. The fourth-order valence-electron chi connectivity index (χ4n) is 2.43. The van der Waals surface area contributed by atoms with E-state index in [4.69, 9.17) is 4.74 Å². The van der Waals surface area contributed by atoms with Crippen molar-refractivity contribution in [1.29, 1.82) is 0 Å². The second-order valence-electron chi connectivity index (χ2n) is 6.14. The Morgan fingerprint density at radius 1 is 1.09 bits per heavy atom. The molecule has 0 aromatic carbocycles. The molecule has 0 aromatic heterocycles. The lowest BCUT2D eigenvalue weighted by Gasteiger charge is -2.22. The van der Waals surface area contributed by atoms with Gasteiger partial charge in [0.15, 0.2) is 0 Å². The summed E-state index contributed by atoms with van der Waals surface area (Å²) in [5, 5.41) is 11.7. The summed E-state index contributed by atoms with van der Waals surface area (Å²) in [7, 11) is 0. The highest BCUT2D eigenvalue weighted by atomic mass is 16.7. The molecule has 0 saturated carbocycles. The second kappa shape index (κ2) is 10.9. The fourth-order valence-corrected chi connectivity index (χ4v) is 2.43. The molecular weight excluding hydrogens is 302 g/mol. The largest absolute Gasteiger partial charge is 0.481 e. The normalized spacial score (nSPS) is 14.7. The first-order valence-electron chi connectivity index (χ1n) is 8.00. The lowest BCUT2D eigenvalue weighted by atomic mass is 9.86. The number of hydrogen-bond donors (Lipinski definition) is 2. The van der Waals surface area contributed by atoms with E-state index in [-0.39, 0.29) is 6.54 Å². The van der Waals surface area contributed by atoms with Gasteiger partial charge in [0, 0.05) is 20.4 Å². The predicted molar refractivity (Wildman–Crippen MR) is 84.7 cm³/mol. The van der Waals surface area contributed by atoms with Crippen molar-refractivity contribution in [2.24, 2.45) is 17.8 Å². The van der Waals surface area contributed by atoms with Crippen LogP contribution in [0.25, 0.3) is 0 Å². The number of alkyl carbamates (subject to hydrolysis) is 1. The molecule has 1 amide bonds. The van der Waals surface area contributed by atoms with E-state index in [1.165, 1.54) is 13.8 Å². The second-order valence-corrected chi connectivity index (χ2v) is 6.14. The van der Waals surface area contributed by atoms with Crippen molar-refractivity contribution < 1.29 is 29.0 Å². The van der Waals surface area contributed by atoms with Crippen molar-refractivity contribution in [1.82, 2.24) is 5.32 Å². The Morgan fingerprint density at radius 3 is 2.13 bits per heavy atom. The number of ether oxygens (including phenoxy) is 2. The van der Waals surface area contributed by atoms with E-state index in [2.05, 4.69) is 23.9 Å². The van der Waals surface area contributed by atoms with Crippen LogP contribution in [0.15, 0.2) is 0 Å². The molecule has 0 radical (unpaired) electrons. The lowest BCUT2D eigenvalue weighted by molar-refractivity contribution is -0.162. The third-order valence-electron chi connectivity index (χ3n) is 3.45. The molecule has 2 N–H and O–H groups in total. The Hall–Kier alpha value is -1.79. The van der Waals surface area contributed by atoms with Crippen molar-refractivity contribution in [3.05, 3.63) is 0 Å². The Morgan fingerprint density at radius 2 is 1.70 bits per heavy atom. The Kier molecular flexibility index (Phi) is 10.0. The minimum atomic E-state index is -1.01. The zero-order valence-electron chi connectivity index (χ0n) is 14.6. The molecule has 7 heteroatoms. The summed E-state index contributed by atoms with van der Waals surface area (Å²) in [6.45, 7) is 8.84. The minimum Gasteiger partial charge on any atom is -0.481 e. The van der Waals surface area contributed by atoms with Gasteiger partial charge in [0.1, 0.15) is 0 Å². The lowest BCUT2D eigenvalue weighted by Crippen LogP contribution is -2.36. The maximum absolute atomic E-state index is 11.6. The van der Waals surface area contributed by atoms with Gasteiger partial charge in [-0.2, -0.15) is 0 Å². The molecule has 3 atom stereocenters. The van der Waals surface area contributed by atoms with E-state index < -0.39 is 30.2 Å². The van der Waals surface area contributed by atoms with Crippen molar-refractivity contribution >= 4 is 18.0 Å². The van der Waals surface area contributed by atoms with Gasteiger partial charge in [-0.3, -0.25) is 9.59 Å². The summed E-state index contributed by atoms with van der Waals surface area (Å²) in [6.07, 6.45) is 0.537. The number of carbonyl (C=O) groups excluding carboxylic acids is 2.